The monoisotopic (exact) mass is 202 g/mol. The second-order valence-electron chi connectivity index (χ2n) is 3.42. The van der Waals surface area contributed by atoms with E-state index >= 15 is 0 Å². The van der Waals surface area contributed by atoms with Gasteiger partial charge in [0.2, 0.25) is 0 Å². The minimum Gasteiger partial charge on any atom is -0.384 e. The van der Waals surface area contributed by atoms with Crippen LogP contribution in [0.15, 0.2) is 29.1 Å². The van der Waals surface area contributed by atoms with E-state index < -0.39 is 0 Å². The maximum absolute atomic E-state index is 4.30. The molecule has 1 aliphatic heterocycles. The molecule has 0 saturated carbocycles. The third-order valence-electron chi connectivity index (χ3n) is 2.55. The van der Waals surface area contributed by atoms with Crippen molar-refractivity contribution in [3.8, 4) is 11.3 Å². The van der Waals surface area contributed by atoms with Gasteiger partial charge in [0.05, 0.1) is 11.2 Å². The first kappa shape index (κ1) is 8.00. The van der Waals surface area contributed by atoms with Crippen molar-refractivity contribution in [1.82, 2.24) is 4.98 Å². The standard InChI is InChI=1S/C11H10N2S/c1-2-9(11-6-14-7-13-11)5-10-8(1)3-4-12-10/h1-2,5-7,12H,3-4H2. The average Bonchev–Trinajstić information content (AvgIpc) is 2.88. The molecule has 0 fully saturated rings. The van der Waals surface area contributed by atoms with Crippen molar-refractivity contribution in [3.63, 3.8) is 0 Å². The van der Waals surface area contributed by atoms with Crippen LogP contribution in [0.25, 0.3) is 11.3 Å². The van der Waals surface area contributed by atoms with Gasteiger partial charge >= 0.3 is 0 Å². The van der Waals surface area contributed by atoms with Gasteiger partial charge in [-0.2, -0.15) is 0 Å². The van der Waals surface area contributed by atoms with Crippen molar-refractivity contribution in [1.29, 1.82) is 0 Å². The summed E-state index contributed by atoms with van der Waals surface area (Å²) in [6.07, 6.45) is 1.15. The van der Waals surface area contributed by atoms with Crippen LogP contribution in [0.4, 0.5) is 5.69 Å². The summed E-state index contributed by atoms with van der Waals surface area (Å²) >= 11 is 1.64. The molecule has 1 aromatic heterocycles. The molecule has 2 aromatic rings. The van der Waals surface area contributed by atoms with Gasteiger partial charge in [-0.25, -0.2) is 4.98 Å². The van der Waals surface area contributed by atoms with Crippen LogP contribution in [0.5, 0.6) is 0 Å². The molecule has 1 aromatic carbocycles. The molecule has 0 saturated heterocycles. The molecule has 1 N–H and O–H groups in total. The zero-order valence-electron chi connectivity index (χ0n) is 7.66. The van der Waals surface area contributed by atoms with Gasteiger partial charge in [0, 0.05) is 23.2 Å². The van der Waals surface area contributed by atoms with Crippen LogP contribution in [0.1, 0.15) is 5.56 Å². The number of nitrogens with one attached hydrogen (secondary N) is 1. The van der Waals surface area contributed by atoms with Crippen molar-refractivity contribution in [2.45, 2.75) is 6.42 Å². The Labute approximate surface area is 86.6 Å². The van der Waals surface area contributed by atoms with E-state index in [1.807, 2.05) is 5.51 Å². The highest BCUT2D eigenvalue weighted by Gasteiger charge is 2.10. The van der Waals surface area contributed by atoms with E-state index in [1.165, 1.54) is 16.8 Å². The molecule has 0 radical (unpaired) electrons. The number of hydrogen-bond acceptors (Lipinski definition) is 3. The summed E-state index contributed by atoms with van der Waals surface area (Å²) in [6, 6.07) is 6.54. The maximum Gasteiger partial charge on any atom is 0.0811 e. The summed E-state index contributed by atoms with van der Waals surface area (Å²) in [5, 5.41) is 5.46. The molecule has 0 spiro atoms. The highest BCUT2D eigenvalue weighted by atomic mass is 32.1. The van der Waals surface area contributed by atoms with Crippen molar-refractivity contribution in [3.05, 3.63) is 34.7 Å². The lowest BCUT2D eigenvalue weighted by atomic mass is 10.1. The van der Waals surface area contributed by atoms with Crippen molar-refractivity contribution in [2.24, 2.45) is 0 Å². The smallest absolute Gasteiger partial charge is 0.0811 e. The first-order valence-corrected chi connectivity index (χ1v) is 5.63. The van der Waals surface area contributed by atoms with Crippen LogP contribution in [0.3, 0.4) is 0 Å². The van der Waals surface area contributed by atoms with Gasteiger partial charge in [-0.05, 0) is 18.1 Å². The summed E-state index contributed by atoms with van der Waals surface area (Å²) in [5.41, 5.74) is 6.85. The molecule has 0 amide bonds. The van der Waals surface area contributed by atoms with Gasteiger partial charge in [0.15, 0.2) is 0 Å². The number of anilines is 1. The SMILES string of the molecule is c1nc(-c2ccc3c(c2)NCC3)cs1. The third kappa shape index (κ3) is 1.21. The van der Waals surface area contributed by atoms with Gasteiger partial charge in [0.1, 0.15) is 0 Å². The fraction of sp³-hybridized carbons (Fsp3) is 0.182. The highest BCUT2D eigenvalue weighted by Crippen LogP contribution is 2.28. The van der Waals surface area contributed by atoms with Gasteiger partial charge in [-0.3, -0.25) is 0 Å². The fourth-order valence-corrected chi connectivity index (χ4v) is 2.37. The van der Waals surface area contributed by atoms with Gasteiger partial charge in [0.25, 0.3) is 0 Å². The van der Waals surface area contributed by atoms with Crippen molar-refractivity contribution >= 4 is 17.0 Å². The predicted octanol–water partition coefficient (Wildman–Crippen LogP) is 2.78. The third-order valence-corrected chi connectivity index (χ3v) is 3.13. The zero-order chi connectivity index (χ0) is 9.38. The number of hydrogen-bond donors (Lipinski definition) is 1. The lowest BCUT2D eigenvalue weighted by molar-refractivity contribution is 1.11. The van der Waals surface area contributed by atoms with Crippen LogP contribution in [0, 0.1) is 0 Å². The molecule has 70 valence electrons. The maximum atomic E-state index is 4.30. The molecule has 0 bridgehead atoms. The Kier molecular flexibility index (Phi) is 1.77. The summed E-state index contributed by atoms with van der Waals surface area (Å²) in [4.78, 5) is 4.30. The molecule has 0 aliphatic carbocycles. The predicted molar refractivity (Wildman–Crippen MR) is 59.7 cm³/mol. The molecule has 3 heteroatoms. The summed E-state index contributed by atoms with van der Waals surface area (Å²) < 4.78 is 0. The van der Waals surface area contributed by atoms with Crippen LogP contribution in [-0.2, 0) is 6.42 Å². The molecule has 3 rings (SSSR count). The highest BCUT2D eigenvalue weighted by molar-refractivity contribution is 7.07. The Morgan fingerprint density at radius 1 is 1.36 bits per heavy atom. The normalized spacial score (nSPS) is 13.7. The number of fused-ring (bicyclic) bond motifs is 1. The van der Waals surface area contributed by atoms with Crippen LogP contribution in [0.2, 0.25) is 0 Å². The Hall–Kier alpha value is -1.35. The van der Waals surface area contributed by atoms with Gasteiger partial charge < -0.3 is 5.32 Å². The Bertz CT molecular complexity index is 448. The van der Waals surface area contributed by atoms with Gasteiger partial charge in [-0.1, -0.05) is 12.1 Å². The van der Waals surface area contributed by atoms with Gasteiger partial charge in [-0.15, -0.1) is 11.3 Å². The number of benzene rings is 1. The Morgan fingerprint density at radius 3 is 3.21 bits per heavy atom. The van der Waals surface area contributed by atoms with E-state index in [9.17, 15) is 0 Å². The van der Waals surface area contributed by atoms with E-state index in [2.05, 4.69) is 33.9 Å². The molecule has 14 heavy (non-hydrogen) atoms. The van der Waals surface area contributed by atoms with Crippen molar-refractivity contribution in [2.75, 3.05) is 11.9 Å². The van der Waals surface area contributed by atoms with Crippen molar-refractivity contribution < 1.29 is 0 Å². The van der Waals surface area contributed by atoms with E-state index in [4.69, 9.17) is 0 Å². The lowest BCUT2D eigenvalue weighted by Crippen LogP contribution is -1.90. The van der Waals surface area contributed by atoms with Crippen LogP contribution < -0.4 is 5.32 Å². The first-order chi connectivity index (χ1) is 6.93. The minimum atomic E-state index is 1.07. The Balaban J connectivity index is 2.09. The number of rotatable bonds is 1. The Morgan fingerprint density at radius 2 is 2.36 bits per heavy atom. The second kappa shape index (κ2) is 3.10. The molecule has 2 nitrogen and oxygen atoms in total. The van der Waals surface area contributed by atoms with Crippen LogP contribution >= 0.6 is 11.3 Å². The summed E-state index contributed by atoms with van der Waals surface area (Å²) in [6.45, 7) is 1.07. The summed E-state index contributed by atoms with van der Waals surface area (Å²) in [5.74, 6) is 0. The zero-order valence-corrected chi connectivity index (χ0v) is 8.47. The molecule has 2 heterocycles. The molecule has 0 atom stereocenters. The molecular weight excluding hydrogens is 192 g/mol. The van der Waals surface area contributed by atoms with E-state index in [1.54, 1.807) is 11.3 Å². The minimum absolute atomic E-state index is 1.07. The first-order valence-electron chi connectivity index (χ1n) is 4.69. The lowest BCUT2D eigenvalue weighted by Gasteiger charge is -2.02. The molecule has 0 unspecified atom stereocenters. The van der Waals surface area contributed by atoms with Crippen LogP contribution in [-0.4, -0.2) is 11.5 Å². The number of nitrogens with zero attached hydrogens (tertiary/aromatic N) is 1. The van der Waals surface area contributed by atoms with E-state index in [0.29, 0.717) is 0 Å². The largest absolute Gasteiger partial charge is 0.384 e. The van der Waals surface area contributed by atoms with E-state index in [0.717, 1.165) is 18.7 Å². The summed E-state index contributed by atoms with van der Waals surface area (Å²) in [7, 11) is 0. The average molecular weight is 202 g/mol. The second-order valence-corrected chi connectivity index (χ2v) is 4.14. The molecule has 1 aliphatic rings. The van der Waals surface area contributed by atoms with E-state index in [-0.39, 0.29) is 0 Å². The quantitative estimate of drug-likeness (QED) is 0.769. The number of thiazole rings is 1. The molecular formula is C11H10N2S. The topological polar surface area (TPSA) is 24.9 Å². The fourth-order valence-electron chi connectivity index (χ4n) is 1.81. The number of aromatic nitrogens is 1.